The van der Waals surface area contributed by atoms with E-state index in [1.165, 1.54) is 0 Å². The molecule has 3 heteroatoms. The van der Waals surface area contributed by atoms with E-state index in [1.54, 1.807) is 0 Å². The van der Waals surface area contributed by atoms with Crippen LogP contribution >= 0.6 is 0 Å². The molecule has 0 aliphatic heterocycles. The maximum atomic E-state index is 12.7. The molecule has 1 atom stereocenters. The van der Waals surface area contributed by atoms with Gasteiger partial charge in [0.15, 0.2) is 0 Å². The van der Waals surface area contributed by atoms with Crippen LogP contribution in [0, 0.1) is 13.8 Å². The van der Waals surface area contributed by atoms with Gasteiger partial charge in [0.1, 0.15) is 6.04 Å². The van der Waals surface area contributed by atoms with Gasteiger partial charge < -0.3 is 10.6 Å². The topological polar surface area (TPSA) is 41.1 Å². The number of aryl methyl sites for hydroxylation is 2. The molecule has 116 valence electrons. The first-order valence-electron chi connectivity index (χ1n) is 7.78. The Morgan fingerprint density at radius 1 is 1.09 bits per heavy atom. The lowest BCUT2D eigenvalue weighted by molar-refractivity contribution is -0.118. The molecule has 0 unspecified atom stereocenters. The minimum atomic E-state index is -0.332. The molecule has 0 aliphatic rings. The van der Waals surface area contributed by atoms with E-state index in [-0.39, 0.29) is 11.9 Å². The van der Waals surface area contributed by atoms with Crippen LogP contribution in [-0.2, 0) is 4.79 Å². The lowest BCUT2D eigenvalue weighted by atomic mass is 10.1. The fourth-order valence-corrected chi connectivity index (χ4v) is 2.37. The normalized spacial score (nSPS) is 12.0. The zero-order valence-corrected chi connectivity index (χ0v) is 13.5. The van der Waals surface area contributed by atoms with Crippen LogP contribution in [0.15, 0.2) is 48.5 Å². The van der Waals surface area contributed by atoms with Gasteiger partial charge in [-0.1, -0.05) is 49.4 Å². The van der Waals surface area contributed by atoms with Crippen molar-refractivity contribution in [1.29, 1.82) is 0 Å². The first kappa shape index (κ1) is 16.2. The van der Waals surface area contributed by atoms with Gasteiger partial charge in [0, 0.05) is 5.69 Å². The average Bonchev–Trinajstić information content (AvgIpc) is 2.52. The van der Waals surface area contributed by atoms with E-state index in [9.17, 15) is 4.79 Å². The molecule has 3 nitrogen and oxygen atoms in total. The van der Waals surface area contributed by atoms with E-state index in [2.05, 4.69) is 23.6 Å². The maximum Gasteiger partial charge on any atom is 0.246 e. The predicted molar refractivity (Wildman–Crippen MR) is 92.0 cm³/mol. The molecule has 2 aromatic carbocycles. The van der Waals surface area contributed by atoms with Crippen LogP contribution in [0.25, 0.3) is 0 Å². The molecule has 2 rings (SSSR count). The molecule has 0 spiro atoms. The summed E-state index contributed by atoms with van der Waals surface area (Å²) in [7, 11) is 0. The first-order valence-corrected chi connectivity index (χ1v) is 7.78. The number of hydrogen-bond acceptors (Lipinski definition) is 2. The molecule has 0 saturated heterocycles. The van der Waals surface area contributed by atoms with Crippen molar-refractivity contribution in [3.8, 4) is 0 Å². The predicted octanol–water partition coefficient (Wildman–Crippen LogP) is 3.98. The molecule has 2 N–H and O–H groups in total. The van der Waals surface area contributed by atoms with Crippen molar-refractivity contribution in [2.75, 3.05) is 11.9 Å². The first-order chi connectivity index (χ1) is 10.6. The van der Waals surface area contributed by atoms with Gasteiger partial charge in [-0.15, -0.1) is 0 Å². The Morgan fingerprint density at radius 3 is 2.50 bits per heavy atom. The number of nitrogens with one attached hydrogen (secondary N) is 2. The minimum absolute atomic E-state index is 0.0200. The molecule has 0 bridgehead atoms. The molecule has 22 heavy (non-hydrogen) atoms. The Balaban J connectivity index is 2.20. The minimum Gasteiger partial charge on any atom is -0.324 e. The molecular weight excluding hydrogens is 272 g/mol. The number of hydrogen-bond donors (Lipinski definition) is 2. The molecule has 1 amide bonds. The summed E-state index contributed by atoms with van der Waals surface area (Å²) in [5.74, 6) is -0.0200. The van der Waals surface area contributed by atoms with Crippen LogP contribution < -0.4 is 10.6 Å². The molecule has 0 aromatic heterocycles. The zero-order chi connectivity index (χ0) is 15.9. The van der Waals surface area contributed by atoms with Gasteiger partial charge in [-0.2, -0.15) is 0 Å². The summed E-state index contributed by atoms with van der Waals surface area (Å²) in [5, 5.41) is 6.38. The standard InChI is InChI=1S/C19H24N2O/c1-4-12-20-18(16-8-6-5-7-9-16)19(22)21-17-13-14(2)10-11-15(17)3/h5-11,13,18,20H,4,12H2,1-3H3,(H,21,22)/t18-/m0/s1. The van der Waals surface area contributed by atoms with Gasteiger partial charge in [-0.3, -0.25) is 4.79 Å². The quantitative estimate of drug-likeness (QED) is 0.846. The van der Waals surface area contributed by atoms with E-state index >= 15 is 0 Å². The third-order valence-corrected chi connectivity index (χ3v) is 3.64. The van der Waals surface area contributed by atoms with Crippen LogP contribution in [0.2, 0.25) is 0 Å². The fraction of sp³-hybridized carbons (Fsp3) is 0.316. The van der Waals surface area contributed by atoms with E-state index in [1.807, 2.05) is 56.3 Å². The third kappa shape index (κ3) is 4.18. The number of benzene rings is 2. The summed E-state index contributed by atoms with van der Waals surface area (Å²) >= 11 is 0. The van der Waals surface area contributed by atoms with E-state index < -0.39 is 0 Å². The Labute approximate surface area is 132 Å². The summed E-state index contributed by atoms with van der Waals surface area (Å²) < 4.78 is 0. The van der Waals surface area contributed by atoms with Gasteiger partial charge in [-0.05, 0) is 49.6 Å². The highest BCUT2D eigenvalue weighted by Crippen LogP contribution is 2.20. The number of anilines is 1. The number of carbonyl (C=O) groups excluding carboxylic acids is 1. The van der Waals surface area contributed by atoms with Crippen molar-refractivity contribution < 1.29 is 4.79 Å². The SMILES string of the molecule is CCCN[C@H](C(=O)Nc1cc(C)ccc1C)c1ccccc1. The van der Waals surface area contributed by atoms with Crippen molar-refractivity contribution in [2.45, 2.75) is 33.2 Å². The van der Waals surface area contributed by atoms with Gasteiger partial charge in [-0.25, -0.2) is 0 Å². The lowest BCUT2D eigenvalue weighted by Crippen LogP contribution is -2.33. The highest BCUT2D eigenvalue weighted by Gasteiger charge is 2.20. The van der Waals surface area contributed by atoms with Crippen molar-refractivity contribution >= 4 is 11.6 Å². The smallest absolute Gasteiger partial charge is 0.246 e. The van der Waals surface area contributed by atoms with E-state index in [0.29, 0.717) is 0 Å². The van der Waals surface area contributed by atoms with Gasteiger partial charge in [0.25, 0.3) is 0 Å². The summed E-state index contributed by atoms with van der Waals surface area (Å²) in [6, 6.07) is 15.6. The highest BCUT2D eigenvalue weighted by atomic mass is 16.2. The van der Waals surface area contributed by atoms with E-state index in [0.717, 1.165) is 35.3 Å². The van der Waals surface area contributed by atoms with Crippen LogP contribution in [-0.4, -0.2) is 12.5 Å². The monoisotopic (exact) mass is 296 g/mol. The molecular formula is C19H24N2O. The van der Waals surface area contributed by atoms with Crippen LogP contribution in [0.1, 0.15) is 36.1 Å². The summed E-state index contributed by atoms with van der Waals surface area (Å²) in [4.78, 5) is 12.7. The molecule has 2 aromatic rings. The zero-order valence-electron chi connectivity index (χ0n) is 13.5. The summed E-state index contributed by atoms with van der Waals surface area (Å²) in [6.07, 6.45) is 0.986. The van der Waals surface area contributed by atoms with Gasteiger partial charge in [0.05, 0.1) is 0 Å². The maximum absolute atomic E-state index is 12.7. The molecule has 0 fully saturated rings. The van der Waals surface area contributed by atoms with Crippen molar-refractivity contribution in [3.63, 3.8) is 0 Å². The van der Waals surface area contributed by atoms with Crippen LogP contribution in [0.4, 0.5) is 5.69 Å². The Hall–Kier alpha value is -2.13. The Morgan fingerprint density at radius 2 is 1.82 bits per heavy atom. The second-order valence-corrected chi connectivity index (χ2v) is 5.61. The highest BCUT2D eigenvalue weighted by molar-refractivity contribution is 5.96. The van der Waals surface area contributed by atoms with E-state index in [4.69, 9.17) is 0 Å². The second kappa shape index (κ2) is 7.76. The van der Waals surface area contributed by atoms with Gasteiger partial charge in [0.2, 0.25) is 5.91 Å². The fourth-order valence-electron chi connectivity index (χ4n) is 2.37. The molecule has 0 heterocycles. The molecule has 0 aliphatic carbocycles. The number of rotatable bonds is 6. The number of amides is 1. The second-order valence-electron chi connectivity index (χ2n) is 5.61. The number of carbonyl (C=O) groups is 1. The molecule has 0 radical (unpaired) electrons. The lowest BCUT2D eigenvalue weighted by Gasteiger charge is -2.19. The Kier molecular flexibility index (Phi) is 5.73. The van der Waals surface area contributed by atoms with Crippen molar-refractivity contribution in [3.05, 3.63) is 65.2 Å². The Bertz CT molecular complexity index is 623. The van der Waals surface area contributed by atoms with Crippen molar-refractivity contribution in [2.24, 2.45) is 0 Å². The largest absolute Gasteiger partial charge is 0.324 e. The van der Waals surface area contributed by atoms with Gasteiger partial charge >= 0.3 is 0 Å². The third-order valence-electron chi connectivity index (χ3n) is 3.64. The molecule has 0 saturated carbocycles. The van der Waals surface area contributed by atoms with Crippen molar-refractivity contribution in [1.82, 2.24) is 5.32 Å². The summed E-state index contributed by atoms with van der Waals surface area (Å²) in [6.45, 7) is 6.93. The average molecular weight is 296 g/mol. The van der Waals surface area contributed by atoms with Crippen LogP contribution in [0.3, 0.4) is 0 Å². The summed E-state index contributed by atoms with van der Waals surface area (Å²) in [5.41, 5.74) is 4.07. The van der Waals surface area contributed by atoms with Crippen LogP contribution in [0.5, 0.6) is 0 Å².